The van der Waals surface area contributed by atoms with Crippen LogP contribution in [0.3, 0.4) is 0 Å². The summed E-state index contributed by atoms with van der Waals surface area (Å²) >= 11 is 0. The maximum Gasteiger partial charge on any atom is 0.306 e. The number of aliphatic carboxylic acids is 1. The SMILES string of the molecule is CCCCCC(C)CC(C)CC(C)C(=O)O. The van der Waals surface area contributed by atoms with Crippen LogP contribution in [0.1, 0.15) is 66.2 Å². The molecule has 0 aromatic carbocycles. The summed E-state index contributed by atoms with van der Waals surface area (Å²) in [5.41, 5.74) is 0. The molecule has 1 N–H and O–H groups in total. The molecule has 0 radical (unpaired) electrons. The number of carbonyl (C=O) groups is 1. The molecule has 96 valence electrons. The lowest BCUT2D eigenvalue weighted by Gasteiger charge is -2.18. The minimum absolute atomic E-state index is 0.196. The first-order valence-electron chi connectivity index (χ1n) is 6.70. The smallest absolute Gasteiger partial charge is 0.306 e. The van der Waals surface area contributed by atoms with Crippen LogP contribution in [-0.2, 0) is 4.79 Å². The molecular weight excluding hydrogens is 200 g/mol. The molecule has 0 bridgehead atoms. The molecule has 0 fully saturated rings. The molecule has 3 unspecified atom stereocenters. The van der Waals surface area contributed by atoms with Gasteiger partial charge < -0.3 is 5.11 Å². The number of carboxylic acid groups (broad SMARTS) is 1. The maximum absolute atomic E-state index is 10.7. The van der Waals surface area contributed by atoms with Crippen LogP contribution in [0.25, 0.3) is 0 Å². The lowest BCUT2D eigenvalue weighted by Crippen LogP contribution is -2.14. The molecular formula is C14H28O2. The standard InChI is InChI=1S/C14H28O2/c1-5-6-7-8-11(2)9-12(3)10-13(4)14(15)16/h11-13H,5-10H2,1-4H3,(H,15,16). The predicted molar refractivity (Wildman–Crippen MR) is 68.5 cm³/mol. The van der Waals surface area contributed by atoms with E-state index in [1.807, 2.05) is 0 Å². The van der Waals surface area contributed by atoms with Gasteiger partial charge >= 0.3 is 5.97 Å². The van der Waals surface area contributed by atoms with E-state index in [2.05, 4.69) is 20.8 Å². The minimum atomic E-state index is -0.662. The van der Waals surface area contributed by atoms with Crippen molar-refractivity contribution in [2.45, 2.75) is 66.2 Å². The van der Waals surface area contributed by atoms with Crippen LogP contribution in [0, 0.1) is 17.8 Å². The molecule has 16 heavy (non-hydrogen) atoms. The van der Waals surface area contributed by atoms with Gasteiger partial charge in [-0.3, -0.25) is 4.79 Å². The van der Waals surface area contributed by atoms with Crippen molar-refractivity contribution in [1.29, 1.82) is 0 Å². The molecule has 2 nitrogen and oxygen atoms in total. The Bertz CT molecular complexity index is 189. The van der Waals surface area contributed by atoms with E-state index in [4.69, 9.17) is 5.11 Å². The Morgan fingerprint density at radius 2 is 1.69 bits per heavy atom. The average Bonchev–Trinajstić information content (AvgIpc) is 2.17. The van der Waals surface area contributed by atoms with Gasteiger partial charge in [-0.05, 0) is 24.7 Å². The van der Waals surface area contributed by atoms with Crippen molar-refractivity contribution in [1.82, 2.24) is 0 Å². The maximum atomic E-state index is 10.7. The number of rotatable bonds is 9. The third kappa shape index (κ3) is 7.72. The van der Waals surface area contributed by atoms with Crippen LogP contribution in [0.5, 0.6) is 0 Å². The van der Waals surface area contributed by atoms with E-state index in [0.717, 1.165) is 12.3 Å². The van der Waals surface area contributed by atoms with Crippen molar-refractivity contribution in [3.05, 3.63) is 0 Å². The fourth-order valence-electron chi connectivity index (χ4n) is 2.35. The van der Waals surface area contributed by atoms with Gasteiger partial charge in [-0.1, -0.05) is 53.4 Å². The monoisotopic (exact) mass is 228 g/mol. The van der Waals surface area contributed by atoms with Crippen molar-refractivity contribution in [2.24, 2.45) is 17.8 Å². The number of hydrogen-bond acceptors (Lipinski definition) is 1. The molecule has 0 aliphatic rings. The molecule has 0 aliphatic carbocycles. The normalized spacial score (nSPS) is 16.8. The third-order valence-electron chi connectivity index (χ3n) is 3.28. The fraction of sp³-hybridized carbons (Fsp3) is 0.929. The van der Waals surface area contributed by atoms with Crippen LogP contribution in [0.4, 0.5) is 0 Å². The zero-order valence-electron chi connectivity index (χ0n) is 11.3. The Balaban J connectivity index is 3.68. The van der Waals surface area contributed by atoms with Gasteiger partial charge in [0.1, 0.15) is 0 Å². The van der Waals surface area contributed by atoms with Gasteiger partial charge in [0.2, 0.25) is 0 Å². The highest BCUT2D eigenvalue weighted by atomic mass is 16.4. The van der Waals surface area contributed by atoms with Crippen LogP contribution < -0.4 is 0 Å². The van der Waals surface area contributed by atoms with Crippen molar-refractivity contribution in [2.75, 3.05) is 0 Å². The number of hydrogen-bond donors (Lipinski definition) is 1. The Kier molecular flexibility index (Phi) is 8.32. The van der Waals surface area contributed by atoms with Gasteiger partial charge in [-0.2, -0.15) is 0 Å². The minimum Gasteiger partial charge on any atom is -0.481 e. The van der Waals surface area contributed by atoms with E-state index in [9.17, 15) is 4.79 Å². The molecule has 0 saturated heterocycles. The summed E-state index contributed by atoms with van der Waals surface area (Å²) in [7, 11) is 0. The second kappa shape index (κ2) is 8.60. The van der Waals surface area contributed by atoms with E-state index < -0.39 is 5.97 Å². The highest BCUT2D eigenvalue weighted by molar-refractivity contribution is 5.69. The molecule has 0 rings (SSSR count). The Hall–Kier alpha value is -0.530. The lowest BCUT2D eigenvalue weighted by molar-refractivity contribution is -0.141. The molecule has 0 aromatic heterocycles. The van der Waals surface area contributed by atoms with E-state index in [1.165, 1.54) is 32.1 Å². The van der Waals surface area contributed by atoms with Gasteiger partial charge in [0.25, 0.3) is 0 Å². The lowest BCUT2D eigenvalue weighted by atomic mass is 9.87. The summed E-state index contributed by atoms with van der Waals surface area (Å²) < 4.78 is 0. The molecule has 0 saturated carbocycles. The van der Waals surface area contributed by atoms with E-state index in [1.54, 1.807) is 6.92 Å². The summed E-state index contributed by atoms with van der Waals surface area (Å²) in [4.78, 5) is 10.7. The van der Waals surface area contributed by atoms with Gasteiger partial charge in [-0.25, -0.2) is 0 Å². The zero-order chi connectivity index (χ0) is 12.6. The van der Waals surface area contributed by atoms with Gasteiger partial charge in [0.15, 0.2) is 0 Å². The largest absolute Gasteiger partial charge is 0.481 e. The first kappa shape index (κ1) is 15.5. The van der Waals surface area contributed by atoms with E-state index in [-0.39, 0.29) is 5.92 Å². The Morgan fingerprint density at radius 1 is 1.06 bits per heavy atom. The predicted octanol–water partition coefficient (Wildman–Crippen LogP) is 4.34. The quantitative estimate of drug-likeness (QED) is 0.596. The third-order valence-corrected chi connectivity index (χ3v) is 3.28. The summed E-state index contributed by atoms with van der Waals surface area (Å²) in [5.74, 6) is 0.411. The van der Waals surface area contributed by atoms with E-state index in [0.29, 0.717) is 5.92 Å². The van der Waals surface area contributed by atoms with Crippen molar-refractivity contribution >= 4 is 5.97 Å². The molecule has 2 heteroatoms. The fourth-order valence-corrected chi connectivity index (χ4v) is 2.35. The first-order valence-corrected chi connectivity index (χ1v) is 6.70. The van der Waals surface area contributed by atoms with Crippen LogP contribution >= 0.6 is 0 Å². The second-order valence-electron chi connectivity index (χ2n) is 5.42. The average molecular weight is 228 g/mol. The van der Waals surface area contributed by atoms with Crippen LogP contribution in [0.2, 0.25) is 0 Å². The van der Waals surface area contributed by atoms with E-state index >= 15 is 0 Å². The molecule has 0 amide bonds. The van der Waals surface area contributed by atoms with Crippen LogP contribution in [-0.4, -0.2) is 11.1 Å². The van der Waals surface area contributed by atoms with Gasteiger partial charge in [0, 0.05) is 0 Å². The molecule has 0 spiro atoms. The van der Waals surface area contributed by atoms with Gasteiger partial charge in [0.05, 0.1) is 5.92 Å². The summed E-state index contributed by atoms with van der Waals surface area (Å²) in [5, 5.41) is 8.84. The van der Waals surface area contributed by atoms with Crippen molar-refractivity contribution in [3.8, 4) is 0 Å². The number of unbranched alkanes of at least 4 members (excludes halogenated alkanes) is 2. The van der Waals surface area contributed by atoms with Crippen LogP contribution in [0.15, 0.2) is 0 Å². The summed E-state index contributed by atoms with van der Waals surface area (Å²) in [6.45, 7) is 8.50. The second-order valence-corrected chi connectivity index (χ2v) is 5.42. The highest BCUT2D eigenvalue weighted by Crippen LogP contribution is 2.23. The topological polar surface area (TPSA) is 37.3 Å². The summed E-state index contributed by atoms with van der Waals surface area (Å²) in [6, 6.07) is 0. The Morgan fingerprint density at radius 3 is 2.19 bits per heavy atom. The molecule has 0 aliphatic heterocycles. The van der Waals surface area contributed by atoms with Gasteiger partial charge in [-0.15, -0.1) is 0 Å². The molecule has 0 aromatic rings. The summed E-state index contributed by atoms with van der Waals surface area (Å²) in [6.07, 6.45) is 7.19. The molecule has 3 atom stereocenters. The van der Waals surface area contributed by atoms with Crippen molar-refractivity contribution in [3.63, 3.8) is 0 Å². The zero-order valence-corrected chi connectivity index (χ0v) is 11.3. The molecule has 0 heterocycles. The van der Waals surface area contributed by atoms with Crippen molar-refractivity contribution < 1.29 is 9.90 Å². The highest BCUT2D eigenvalue weighted by Gasteiger charge is 2.16. The Labute approximate surface area is 100 Å². The first-order chi connectivity index (χ1) is 7.47. The number of carboxylic acids is 1.